The zero-order valence-electron chi connectivity index (χ0n) is 25.4. The molecule has 0 unspecified atom stereocenters. The van der Waals surface area contributed by atoms with Gasteiger partial charge in [-0.25, -0.2) is 4.98 Å². The highest BCUT2D eigenvalue weighted by Gasteiger charge is 2.19. The highest BCUT2D eigenvalue weighted by molar-refractivity contribution is 6.15. The third kappa shape index (κ3) is 3.91. The Morgan fingerprint density at radius 2 is 1.00 bits per heavy atom. The zero-order chi connectivity index (χ0) is 31.8. The third-order valence-corrected chi connectivity index (χ3v) is 9.24. The van der Waals surface area contributed by atoms with Crippen molar-refractivity contribution in [1.82, 2.24) is 28.9 Å². The number of rotatable bonds is 4. The zero-order valence-corrected chi connectivity index (χ0v) is 25.4. The van der Waals surface area contributed by atoms with Crippen molar-refractivity contribution in [3.63, 3.8) is 0 Å². The standard InChI is InChI=1S/C41H24N6O/c48-40-31-16-9-15-30-33-23-27(18-20-34(33)46(24-42-40)37(30)31)28-19-21-36-32(22-28)29-14-7-8-17-35(29)47(36)41-44-38(25-10-3-1-4-11-25)43-39(45-41)26-12-5-2-6-13-26/h1-24H. The molecule has 4 heterocycles. The topological polar surface area (TPSA) is 78.0 Å². The van der Waals surface area contributed by atoms with Crippen LogP contribution in [0.25, 0.3) is 88.8 Å². The molecule has 0 aliphatic carbocycles. The Balaban J connectivity index is 1.19. The predicted octanol–water partition coefficient (Wildman–Crippen LogP) is 8.72. The maximum absolute atomic E-state index is 12.5. The van der Waals surface area contributed by atoms with E-state index in [1.165, 1.54) is 0 Å². The summed E-state index contributed by atoms with van der Waals surface area (Å²) in [5.41, 5.74) is 7.78. The summed E-state index contributed by atoms with van der Waals surface area (Å²) < 4.78 is 4.16. The highest BCUT2D eigenvalue weighted by Crippen LogP contribution is 2.37. The van der Waals surface area contributed by atoms with E-state index < -0.39 is 0 Å². The summed E-state index contributed by atoms with van der Waals surface area (Å²) in [5.74, 6) is 1.80. The Morgan fingerprint density at radius 1 is 0.438 bits per heavy atom. The molecule has 0 N–H and O–H groups in total. The molecule has 0 aliphatic rings. The number of fused-ring (bicyclic) bond motifs is 6. The average molecular weight is 617 g/mol. The van der Waals surface area contributed by atoms with Gasteiger partial charge in [0.25, 0.3) is 5.56 Å². The number of hydrogen-bond acceptors (Lipinski definition) is 5. The van der Waals surface area contributed by atoms with Gasteiger partial charge in [-0.15, -0.1) is 0 Å². The lowest BCUT2D eigenvalue weighted by Crippen LogP contribution is -2.07. The van der Waals surface area contributed by atoms with E-state index in [9.17, 15) is 4.79 Å². The molecular formula is C41H24N6O. The molecule has 7 nitrogen and oxygen atoms in total. The first-order valence-electron chi connectivity index (χ1n) is 15.8. The van der Waals surface area contributed by atoms with Gasteiger partial charge < -0.3 is 0 Å². The summed E-state index contributed by atoms with van der Waals surface area (Å²) in [6.07, 6.45) is 1.63. The van der Waals surface area contributed by atoms with Crippen molar-refractivity contribution in [2.75, 3.05) is 0 Å². The summed E-state index contributed by atoms with van der Waals surface area (Å²) in [6, 6.07) is 47.3. The molecule has 7 heteroatoms. The maximum atomic E-state index is 12.5. The molecule has 0 atom stereocenters. The fourth-order valence-corrected chi connectivity index (χ4v) is 7.02. The van der Waals surface area contributed by atoms with Crippen LogP contribution in [0.4, 0.5) is 0 Å². The van der Waals surface area contributed by atoms with Gasteiger partial charge in [-0.3, -0.25) is 13.8 Å². The van der Waals surface area contributed by atoms with Crippen molar-refractivity contribution in [2.24, 2.45) is 0 Å². The van der Waals surface area contributed by atoms with Crippen LogP contribution in [0, 0.1) is 0 Å². The van der Waals surface area contributed by atoms with Crippen molar-refractivity contribution in [3.8, 4) is 39.9 Å². The van der Waals surface area contributed by atoms with Gasteiger partial charge in [-0.2, -0.15) is 15.0 Å². The lowest BCUT2D eigenvalue weighted by Gasteiger charge is -2.11. The minimum Gasteiger partial charge on any atom is -0.299 e. The Hall–Kier alpha value is -6.73. The largest absolute Gasteiger partial charge is 0.299 e. The Labute approximate surface area is 273 Å². The highest BCUT2D eigenvalue weighted by atomic mass is 16.1. The molecule has 6 aromatic carbocycles. The maximum Gasteiger partial charge on any atom is 0.280 e. The minimum absolute atomic E-state index is 0.206. The van der Waals surface area contributed by atoms with Crippen molar-refractivity contribution in [3.05, 3.63) is 156 Å². The predicted molar refractivity (Wildman–Crippen MR) is 192 cm³/mol. The van der Waals surface area contributed by atoms with E-state index in [-0.39, 0.29) is 5.56 Å². The number of hydrogen-bond donors (Lipinski definition) is 0. The lowest BCUT2D eigenvalue weighted by molar-refractivity contribution is 0.953. The molecular weight excluding hydrogens is 592 g/mol. The van der Waals surface area contributed by atoms with Gasteiger partial charge in [0.1, 0.15) is 6.33 Å². The minimum atomic E-state index is -0.206. The van der Waals surface area contributed by atoms with E-state index in [2.05, 4.69) is 76.3 Å². The van der Waals surface area contributed by atoms with Crippen molar-refractivity contribution >= 4 is 49.0 Å². The normalized spacial score (nSPS) is 11.8. The molecule has 0 saturated carbocycles. The molecule has 0 amide bonds. The molecule has 0 radical (unpaired) electrons. The van der Waals surface area contributed by atoms with Gasteiger partial charge in [-0.1, -0.05) is 103 Å². The Morgan fingerprint density at radius 3 is 1.71 bits per heavy atom. The van der Waals surface area contributed by atoms with E-state index in [4.69, 9.17) is 15.0 Å². The summed E-state index contributed by atoms with van der Waals surface area (Å²) in [7, 11) is 0. The molecule has 0 fully saturated rings. The number of nitrogens with zero attached hydrogens (tertiary/aromatic N) is 6. The summed E-state index contributed by atoms with van der Waals surface area (Å²) in [4.78, 5) is 31.6. The van der Waals surface area contributed by atoms with Crippen LogP contribution in [0.15, 0.2) is 151 Å². The second-order valence-electron chi connectivity index (χ2n) is 12.0. The van der Waals surface area contributed by atoms with E-state index >= 15 is 0 Å². The van der Waals surface area contributed by atoms with Crippen LogP contribution < -0.4 is 5.56 Å². The van der Waals surface area contributed by atoms with E-state index in [0.29, 0.717) is 23.0 Å². The second kappa shape index (κ2) is 10.1. The Bertz CT molecular complexity index is 2850. The first-order valence-corrected chi connectivity index (χ1v) is 15.8. The van der Waals surface area contributed by atoms with Crippen LogP contribution in [0.3, 0.4) is 0 Å². The number of para-hydroxylation sites is 2. The van der Waals surface area contributed by atoms with Crippen LogP contribution >= 0.6 is 0 Å². The molecule has 10 aromatic rings. The second-order valence-corrected chi connectivity index (χ2v) is 12.0. The van der Waals surface area contributed by atoms with Gasteiger partial charge in [0.15, 0.2) is 11.6 Å². The quantitative estimate of drug-likeness (QED) is 0.198. The molecule has 0 bridgehead atoms. The van der Waals surface area contributed by atoms with Crippen molar-refractivity contribution in [1.29, 1.82) is 0 Å². The summed E-state index contributed by atoms with van der Waals surface area (Å²) in [5, 5.41) is 4.97. The van der Waals surface area contributed by atoms with Crippen LogP contribution in [0.5, 0.6) is 0 Å². The van der Waals surface area contributed by atoms with Crippen LogP contribution in [0.1, 0.15) is 0 Å². The van der Waals surface area contributed by atoms with Gasteiger partial charge in [0.2, 0.25) is 5.95 Å². The van der Waals surface area contributed by atoms with Crippen molar-refractivity contribution in [2.45, 2.75) is 0 Å². The number of benzene rings is 6. The first kappa shape index (κ1) is 26.5. The van der Waals surface area contributed by atoms with Crippen LogP contribution in [-0.4, -0.2) is 28.9 Å². The van der Waals surface area contributed by atoms with Gasteiger partial charge in [0.05, 0.1) is 27.5 Å². The summed E-state index contributed by atoms with van der Waals surface area (Å²) >= 11 is 0. The molecule has 4 aromatic heterocycles. The van der Waals surface area contributed by atoms with E-state index in [1.54, 1.807) is 6.33 Å². The fraction of sp³-hybridized carbons (Fsp3) is 0. The first-order chi connectivity index (χ1) is 23.7. The fourth-order valence-electron chi connectivity index (χ4n) is 7.02. The molecule has 10 rings (SSSR count). The van der Waals surface area contributed by atoms with Gasteiger partial charge in [-0.05, 0) is 47.5 Å². The van der Waals surface area contributed by atoms with Gasteiger partial charge in [0, 0.05) is 32.7 Å². The van der Waals surface area contributed by atoms with Crippen LogP contribution in [0.2, 0.25) is 0 Å². The van der Waals surface area contributed by atoms with Crippen LogP contribution in [-0.2, 0) is 0 Å². The van der Waals surface area contributed by atoms with E-state index in [1.807, 2.05) is 77.2 Å². The molecule has 48 heavy (non-hydrogen) atoms. The van der Waals surface area contributed by atoms with Gasteiger partial charge >= 0.3 is 0 Å². The SMILES string of the molecule is O=c1ncn2c3ccc(-c4ccc5c(c4)c4ccccc4n5-c4nc(-c5ccccc5)nc(-c5ccccc5)n4)cc3c3cccc1c32. The lowest BCUT2D eigenvalue weighted by atomic mass is 10.0. The summed E-state index contributed by atoms with van der Waals surface area (Å²) in [6.45, 7) is 0. The number of aromatic nitrogens is 6. The van der Waals surface area contributed by atoms with E-state index in [0.717, 1.165) is 65.9 Å². The van der Waals surface area contributed by atoms with Crippen molar-refractivity contribution < 1.29 is 0 Å². The molecule has 0 saturated heterocycles. The third-order valence-electron chi connectivity index (χ3n) is 9.24. The molecule has 224 valence electrons. The average Bonchev–Trinajstić information content (AvgIpc) is 3.66. The molecule has 0 aliphatic heterocycles. The Kier molecular flexibility index (Phi) is 5.59. The monoisotopic (exact) mass is 616 g/mol. The smallest absolute Gasteiger partial charge is 0.280 e. The molecule has 0 spiro atoms.